The molecule has 1 rings (SSSR count). The summed E-state index contributed by atoms with van der Waals surface area (Å²) in [6.07, 6.45) is 3.39. The van der Waals surface area contributed by atoms with Gasteiger partial charge in [-0.05, 0) is 13.0 Å². The first-order valence-corrected chi connectivity index (χ1v) is 5.18. The first kappa shape index (κ1) is 12.2. The lowest BCUT2D eigenvalue weighted by Gasteiger charge is -2.23. The Hall–Kier alpha value is -1.85. The SMILES string of the molecule is CCN(CC(C)C(N)=NO)c1ncccn1. The third kappa shape index (κ3) is 3.08. The van der Waals surface area contributed by atoms with E-state index >= 15 is 0 Å². The van der Waals surface area contributed by atoms with Crippen molar-refractivity contribution in [1.82, 2.24) is 9.97 Å². The lowest BCUT2D eigenvalue weighted by Crippen LogP contribution is -2.35. The van der Waals surface area contributed by atoms with E-state index in [1.165, 1.54) is 0 Å². The highest BCUT2D eigenvalue weighted by molar-refractivity contribution is 5.82. The van der Waals surface area contributed by atoms with Gasteiger partial charge in [0.1, 0.15) is 5.84 Å². The average Bonchev–Trinajstić information content (AvgIpc) is 2.35. The summed E-state index contributed by atoms with van der Waals surface area (Å²) in [7, 11) is 0. The molecule has 6 nitrogen and oxygen atoms in total. The molecule has 1 unspecified atom stereocenters. The molecule has 0 radical (unpaired) electrons. The Morgan fingerprint density at radius 3 is 2.69 bits per heavy atom. The minimum absolute atomic E-state index is 0.0474. The molecule has 1 heterocycles. The van der Waals surface area contributed by atoms with E-state index < -0.39 is 0 Å². The van der Waals surface area contributed by atoms with Crippen LogP contribution in [0.15, 0.2) is 23.6 Å². The Labute approximate surface area is 94.8 Å². The van der Waals surface area contributed by atoms with Gasteiger partial charge in [0, 0.05) is 31.4 Å². The summed E-state index contributed by atoms with van der Waals surface area (Å²) in [4.78, 5) is 10.3. The molecular weight excluding hydrogens is 206 g/mol. The fraction of sp³-hybridized carbons (Fsp3) is 0.500. The van der Waals surface area contributed by atoms with E-state index in [0.29, 0.717) is 12.5 Å². The van der Waals surface area contributed by atoms with Crippen LogP contribution in [0.5, 0.6) is 0 Å². The van der Waals surface area contributed by atoms with E-state index in [9.17, 15) is 0 Å². The number of anilines is 1. The molecule has 1 aromatic rings. The zero-order valence-electron chi connectivity index (χ0n) is 9.54. The maximum absolute atomic E-state index is 8.57. The highest BCUT2D eigenvalue weighted by atomic mass is 16.4. The first-order chi connectivity index (χ1) is 7.69. The van der Waals surface area contributed by atoms with Gasteiger partial charge in [0.15, 0.2) is 0 Å². The second-order valence-corrected chi connectivity index (χ2v) is 3.51. The molecule has 0 aliphatic carbocycles. The summed E-state index contributed by atoms with van der Waals surface area (Å²) in [5.41, 5.74) is 5.53. The van der Waals surface area contributed by atoms with Crippen molar-refractivity contribution in [2.45, 2.75) is 13.8 Å². The van der Waals surface area contributed by atoms with Crippen molar-refractivity contribution >= 4 is 11.8 Å². The Morgan fingerprint density at radius 1 is 1.56 bits per heavy atom. The summed E-state index contributed by atoms with van der Waals surface area (Å²) < 4.78 is 0. The van der Waals surface area contributed by atoms with Crippen molar-refractivity contribution in [3.8, 4) is 0 Å². The Kier molecular flexibility index (Phi) is 4.50. The van der Waals surface area contributed by atoms with E-state index in [0.717, 1.165) is 6.54 Å². The van der Waals surface area contributed by atoms with E-state index in [1.54, 1.807) is 18.5 Å². The molecule has 0 fully saturated rings. The molecule has 0 aliphatic heterocycles. The smallest absolute Gasteiger partial charge is 0.225 e. The van der Waals surface area contributed by atoms with E-state index in [1.807, 2.05) is 18.7 Å². The van der Waals surface area contributed by atoms with Gasteiger partial charge in [-0.25, -0.2) is 9.97 Å². The van der Waals surface area contributed by atoms with Gasteiger partial charge in [0.2, 0.25) is 5.95 Å². The molecule has 0 bridgehead atoms. The van der Waals surface area contributed by atoms with Gasteiger partial charge < -0.3 is 15.8 Å². The van der Waals surface area contributed by atoms with Crippen molar-refractivity contribution in [3.05, 3.63) is 18.5 Å². The fourth-order valence-corrected chi connectivity index (χ4v) is 1.33. The summed E-state index contributed by atoms with van der Waals surface area (Å²) in [6.45, 7) is 5.29. The van der Waals surface area contributed by atoms with Gasteiger partial charge in [-0.15, -0.1) is 0 Å². The predicted octanol–water partition coefficient (Wildman–Crippen LogP) is 0.685. The lowest BCUT2D eigenvalue weighted by molar-refractivity contribution is 0.314. The number of nitrogens with two attached hydrogens (primary N) is 1. The third-order valence-corrected chi connectivity index (χ3v) is 2.33. The first-order valence-electron chi connectivity index (χ1n) is 5.18. The minimum atomic E-state index is -0.0474. The lowest BCUT2D eigenvalue weighted by atomic mass is 10.1. The molecule has 0 amide bonds. The Morgan fingerprint density at radius 2 is 2.19 bits per heavy atom. The molecule has 0 saturated carbocycles. The number of oxime groups is 1. The van der Waals surface area contributed by atoms with Crippen LogP contribution in [0.25, 0.3) is 0 Å². The van der Waals surface area contributed by atoms with Crippen LogP contribution in [0.2, 0.25) is 0 Å². The van der Waals surface area contributed by atoms with Crippen LogP contribution in [-0.2, 0) is 0 Å². The van der Waals surface area contributed by atoms with Crippen molar-refractivity contribution in [2.24, 2.45) is 16.8 Å². The van der Waals surface area contributed by atoms with Crippen LogP contribution in [0.3, 0.4) is 0 Å². The molecular formula is C10H17N5O. The molecule has 16 heavy (non-hydrogen) atoms. The predicted molar refractivity (Wildman–Crippen MR) is 62.5 cm³/mol. The number of aromatic nitrogens is 2. The number of hydrogen-bond donors (Lipinski definition) is 2. The number of amidine groups is 1. The molecule has 1 aromatic heterocycles. The van der Waals surface area contributed by atoms with Crippen LogP contribution < -0.4 is 10.6 Å². The topological polar surface area (TPSA) is 87.6 Å². The second-order valence-electron chi connectivity index (χ2n) is 3.51. The largest absolute Gasteiger partial charge is 0.409 e. The van der Waals surface area contributed by atoms with Gasteiger partial charge in [-0.1, -0.05) is 12.1 Å². The minimum Gasteiger partial charge on any atom is -0.409 e. The van der Waals surface area contributed by atoms with E-state index in [-0.39, 0.29) is 11.8 Å². The van der Waals surface area contributed by atoms with Crippen molar-refractivity contribution in [3.63, 3.8) is 0 Å². The molecule has 0 aromatic carbocycles. The molecule has 3 N–H and O–H groups in total. The summed E-state index contributed by atoms with van der Waals surface area (Å²) in [5, 5.41) is 11.6. The normalized spacial score (nSPS) is 13.5. The maximum atomic E-state index is 8.57. The van der Waals surface area contributed by atoms with Crippen molar-refractivity contribution in [2.75, 3.05) is 18.0 Å². The second kappa shape index (κ2) is 5.89. The van der Waals surface area contributed by atoms with Crippen LogP contribution in [0.4, 0.5) is 5.95 Å². The van der Waals surface area contributed by atoms with Gasteiger partial charge >= 0.3 is 0 Å². The van der Waals surface area contributed by atoms with Gasteiger partial charge in [0.25, 0.3) is 0 Å². The highest BCUT2D eigenvalue weighted by Crippen LogP contribution is 2.08. The fourth-order valence-electron chi connectivity index (χ4n) is 1.33. The highest BCUT2D eigenvalue weighted by Gasteiger charge is 2.14. The molecule has 0 spiro atoms. The number of hydrogen-bond acceptors (Lipinski definition) is 5. The van der Waals surface area contributed by atoms with E-state index in [4.69, 9.17) is 10.9 Å². The third-order valence-electron chi connectivity index (χ3n) is 2.33. The van der Waals surface area contributed by atoms with E-state index in [2.05, 4.69) is 15.1 Å². The molecule has 0 aliphatic rings. The molecule has 1 atom stereocenters. The monoisotopic (exact) mass is 223 g/mol. The quantitative estimate of drug-likeness (QED) is 0.332. The van der Waals surface area contributed by atoms with Crippen molar-refractivity contribution < 1.29 is 5.21 Å². The molecule has 88 valence electrons. The summed E-state index contributed by atoms with van der Waals surface area (Å²) in [5.74, 6) is 0.825. The van der Waals surface area contributed by atoms with Crippen LogP contribution in [0, 0.1) is 5.92 Å². The summed E-state index contributed by atoms with van der Waals surface area (Å²) >= 11 is 0. The van der Waals surface area contributed by atoms with Crippen LogP contribution in [0.1, 0.15) is 13.8 Å². The zero-order chi connectivity index (χ0) is 12.0. The molecule has 6 heteroatoms. The average molecular weight is 223 g/mol. The molecule has 0 saturated heterocycles. The van der Waals surface area contributed by atoms with Gasteiger partial charge in [-0.2, -0.15) is 0 Å². The van der Waals surface area contributed by atoms with Gasteiger partial charge in [-0.3, -0.25) is 0 Å². The summed E-state index contributed by atoms with van der Waals surface area (Å²) in [6, 6.07) is 1.77. The maximum Gasteiger partial charge on any atom is 0.225 e. The van der Waals surface area contributed by atoms with Gasteiger partial charge in [0.05, 0.1) is 0 Å². The number of nitrogens with zero attached hydrogens (tertiary/aromatic N) is 4. The van der Waals surface area contributed by atoms with Crippen LogP contribution in [-0.4, -0.2) is 34.1 Å². The number of rotatable bonds is 5. The Balaban J connectivity index is 2.70. The van der Waals surface area contributed by atoms with Crippen molar-refractivity contribution in [1.29, 1.82) is 0 Å². The zero-order valence-corrected chi connectivity index (χ0v) is 9.54. The standard InChI is InChI=1S/C10H17N5O/c1-3-15(7-8(2)9(11)14-16)10-12-5-4-6-13-10/h4-6,8,16H,3,7H2,1-2H3,(H2,11,14). The van der Waals surface area contributed by atoms with Crippen LogP contribution >= 0.6 is 0 Å². The Bertz CT molecular complexity index is 340.